The maximum absolute atomic E-state index is 12.1. The number of rotatable bonds is 3. The van der Waals surface area contributed by atoms with Gasteiger partial charge in [-0.1, -0.05) is 0 Å². The van der Waals surface area contributed by atoms with Gasteiger partial charge in [0.1, 0.15) is 5.75 Å². The fourth-order valence-electron chi connectivity index (χ4n) is 1.90. The molecule has 0 unspecified atom stereocenters. The van der Waals surface area contributed by atoms with E-state index in [0.717, 1.165) is 12.2 Å². The van der Waals surface area contributed by atoms with E-state index in [2.05, 4.69) is 0 Å². The minimum Gasteiger partial charge on any atom is -0.497 e. The molecule has 1 aromatic carbocycles. The van der Waals surface area contributed by atoms with Crippen LogP contribution in [0.5, 0.6) is 5.75 Å². The summed E-state index contributed by atoms with van der Waals surface area (Å²) in [5, 5.41) is 0. The van der Waals surface area contributed by atoms with Crippen LogP contribution >= 0.6 is 0 Å². The van der Waals surface area contributed by atoms with Gasteiger partial charge in [0.2, 0.25) is 0 Å². The summed E-state index contributed by atoms with van der Waals surface area (Å²) in [5.41, 5.74) is 1.22. The molecule has 0 atom stereocenters. The fourth-order valence-corrected chi connectivity index (χ4v) is 1.90. The number of carbonyl (C=O) groups excluding carboxylic acids is 2. The van der Waals surface area contributed by atoms with E-state index in [1.807, 2.05) is 0 Å². The summed E-state index contributed by atoms with van der Waals surface area (Å²) in [6.07, 6.45) is 3.50. The number of carbonyl (C=O) groups is 2. The molecule has 0 fully saturated rings. The summed E-state index contributed by atoms with van der Waals surface area (Å²) >= 11 is 0. The lowest BCUT2D eigenvalue weighted by Crippen LogP contribution is -2.10. The summed E-state index contributed by atoms with van der Waals surface area (Å²) in [7, 11) is 1.58. The molecule has 1 aromatic rings. The van der Waals surface area contributed by atoms with E-state index in [-0.39, 0.29) is 11.6 Å². The van der Waals surface area contributed by atoms with Gasteiger partial charge in [-0.3, -0.25) is 9.59 Å². The van der Waals surface area contributed by atoms with Crippen molar-refractivity contribution in [2.24, 2.45) is 0 Å². The fraction of sp³-hybridized carbons (Fsp3) is 0.286. The van der Waals surface area contributed by atoms with Crippen LogP contribution < -0.4 is 4.74 Å². The molecular weight excluding hydrogens is 216 g/mol. The maximum Gasteiger partial charge on any atom is 0.189 e. The quantitative estimate of drug-likeness (QED) is 0.749. The largest absolute Gasteiger partial charge is 0.497 e. The third kappa shape index (κ3) is 2.61. The van der Waals surface area contributed by atoms with Gasteiger partial charge >= 0.3 is 0 Å². The highest BCUT2D eigenvalue weighted by Crippen LogP contribution is 2.21. The molecule has 0 heterocycles. The van der Waals surface area contributed by atoms with Crippen molar-refractivity contribution in [2.45, 2.75) is 19.3 Å². The molecule has 0 saturated heterocycles. The highest BCUT2D eigenvalue weighted by Gasteiger charge is 2.17. The Morgan fingerprint density at radius 1 is 1.18 bits per heavy atom. The number of Topliss-reactive ketones (excluding diaryl/α,β-unsaturated/α-hetero) is 1. The topological polar surface area (TPSA) is 43.4 Å². The molecule has 0 amide bonds. The van der Waals surface area contributed by atoms with E-state index < -0.39 is 0 Å². The van der Waals surface area contributed by atoms with E-state index in [9.17, 15) is 9.59 Å². The van der Waals surface area contributed by atoms with Crippen molar-refractivity contribution < 1.29 is 14.3 Å². The first-order valence-corrected chi connectivity index (χ1v) is 5.63. The molecule has 88 valence electrons. The van der Waals surface area contributed by atoms with Gasteiger partial charge in [-0.15, -0.1) is 0 Å². The number of methoxy groups -OCH3 is 1. The Hall–Kier alpha value is -1.90. The van der Waals surface area contributed by atoms with Crippen LogP contribution in [0.25, 0.3) is 0 Å². The van der Waals surface area contributed by atoms with Crippen LogP contribution in [-0.4, -0.2) is 18.7 Å². The molecule has 0 saturated carbocycles. The number of hydrogen-bond donors (Lipinski definition) is 0. The zero-order chi connectivity index (χ0) is 12.3. The SMILES string of the molecule is COc1ccc(C(=O)C2=CC(=O)CCC2)cc1. The second-order valence-electron chi connectivity index (χ2n) is 4.05. The number of hydrogen-bond acceptors (Lipinski definition) is 3. The summed E-state index contributed by atoms with van der Waals surface area (Å²) in [4.78, 5) is 23.3. The van der Waals surface area contributed by atoms with Crippen molar-refractivity contribution in [2.75, 3.05) is 7.11 Å². The Morgan fingerprint density at radius 2 is 1.88 bits per heavy atom. The molecule has 17 heavy (non-hydrogen) atoms. The first-order valence-electron chi connectivity index (χ1n) is 5.63. The molecule has 0 spiro atoms. The summed E-state index contributed by atoms with van der Waals surface area (Å²) in [6.45, 7) is 0. The van der Waals surface area contributed by atoms with E-state index in [1.54, 1.807) is 31.4 Å². The molecule has 1 aliphatic carbocycles. The van der Waals surface area contributed by atoms with Crippen LogP contribution in [0.2, 0.25) is 0 Å². The van der Waals surface area contributed by atoms with Gasteiger partial charge in [-0.25, -0.2) is 0 Å². The van der Waals surface area contributed by atoms with Gasteiger partial charge in [0.05, 0.1) is 7.11 Å². The van der Waals surface area contributed by atoms with E-state index in [0.29, 0.717) is 24.0 Å². The van der Waals surface area contributed by atoms with Crippen LogP contribution in [-0.2, 0) is 4.79 Å². The van der Waals surface area contributed by atoms with Gasteiger partial charge in [-0.2, -0.15) is 0 Å². The van der Waals surface area contributed by atoms with Crippen LogP contribution in [0.4, 0.5) is 0 Å². The second-order valence-corrected chi connectivity index (χ2v) is 4.05. The lowest BCUT2D eigenvalue weighted by molar-refractivity contribution is -0.115. The highest BCUT2D eigenvalue weighted by molar-refractivity contribution is 6.12. The third-order valence-electron chi connectivity index (χ3n) is 2.85. The van der Waals surface area contributed by atoms with E-state index in [1.165, 1.54) is 6.08 Å². The standard InChI is InChI=1S/C14H14O3/c1-17-13-7-5-10(6-8-13)14(16)11-3-2-4-12(15)9-11/h5-9H,2-4H2,1H3. The number of benzene rings is 1. The van der Waals surface area contributed by atoms with Crippen LogP contribution in [0.3, 0.4) is 0 Å². The van der Waals surface area contributed by atoms with Crippen molar-refractivity contribution in [3.63, 3.8) is 0 Å². The van der Waals surface area contributed by atoms with Gasteiger partial charge in [-0.05, 0) is 43.2 Å². The highest BCUT2D eigenvalue weighted by atomic mass is 16.5. The summed E-state index contributed by atoms with van der Waals surface area (Å²) in [5.74, 6) is 0.712. The van der Waals surface area contributed by atoms with Crippen molar-refractivity contribution in [1.82, 2.24) is 0 Å². The van der Waals surface area contributed by atoms with Gasteiger partial charge in [0.15, 0.2) is 11.6 Å². The zero-order valence-electron chi connectivity index (χ0n) is 9.73. The molecule has 0 aliphatic heterocycles. The molecule has 1 aliphatic rings. The smallest absolute Gasteiger partial charge is 0.189 e. The summed E-state index contributed by atoms with van der Waals surface area (Å²) in [6, 6.07) is 6.94. The molecule has 0 N–H and O–H groups in total. The molecule has 0 aromatic heterocycles. The van der Waals surface area contributed by atoms with Crippen molar-refractivity contribution in [3.8, 4) is 5.75 Å². The average molecular weight is 230 g/mol. The normalized spacial score (nSPS) is 15.4. The minimum absolute atomic E-state index is 0.0492. The Bertz CT molecular complexity index is 469. The molecule has 0 radical (unpaired) electrons. The zero-order valence-corrected chi connectivity index (χ0v) is 9.73. The van der Waals surface area contributed by atoms with Gasteiger partial charge < -0.3 is 4.74 Å². The lowest BCUT2D eigenvalue weighted by atomic mass is 9.92. The van der Waals surface area contributed by atoms with Crippen molar-refractivity contribution >= 4 is 11.6 Å². The number of allylic oxidation sites excluding steroid dienone is 2. The van der Waals surface area contributed by atoms with E-state index >= 15 is 0 Å². The molecule has 2 rings (SSSR count). The Balaban J connectivity index is 2.21. The summed E-state index contributed by atoms with van der Waals surface area (Å²) < 4.78 is 5.03. The van der Waals surface area contributed by atoms with Crippen molar-refractivity contribution in [3.05, 3.63) is 41.5 Å². The number of ketones is 2. The van der Waals surface area contributed by atoms with Crippen molar-refractivity contribution in [1.29, 1.82) is 0 Å². The predicted octanol–water partition coefficient (Wildman–Crippen LogP) is 2.56. The average Bonchev–Trinajstić information content (AvgIpc) is 2.38. The van der Waals surface area contributed by atoms with Gasteiger partial charge in [0.25, 0.3) is 0 Å². The Morgan fingerprint density at radius 3 is 2.47 bits per heavy atom. The predicted molar refractivity (Wildman–Crippen MR) is 64.3 cm³/mol. The Kier molecular flexibility index (Phi) is 3.38. The van der Waals surface area contributed by atoms with Crippen LogP contribution in [0.15, 0.2) is 35.9 Å². The monoisotopic (exact) mass is 230 g/mol. The number of ether oxygens (including phenoxy) is 1. The molecule has 3 nitrogen and oxygen atoms in total. The van der Waals surface area contributed by atoms with E-state index in [4.69, 9.17) is 4.74 Å². The Labute approximate surface area is 100 Å². The molecular formula is C14H14O3. The molecule has 3 heteroatoms. The lowest BCUT2D eigenvalue weighted by Gasteiger charge is -2.11. The van der Waals surface area contributed by atoms with Crippen LogP contribution in [0.1, 0.15) is 29.6 Å². The minimum atomic E-state index is -0.0549. The second kappa shape index (κ2) is 4.95. The van der Waals surface area contributed by atoms with Crippen LogP contribution in [0, 0.1) is 0 Å². The third-order valence-corrected chi connectivity index (χ3v) is 2.85. The molecule has 0 bridgehead atoms. The maximum atomic E-state index is 12.1. The first kappa shape index (κ1) is 11.6. The first-order chi connectivity index (χ1) is 8.20. The van der Waals surface area contributed by atoms with Gasteiger partial charge in [0, 0.05) is 17.6 Å².